The molecule has 0 spiro atoms. The average molecular weight is 451 g/mol. The lowest BCUT2D eigenvalue weighted by atomic mass is 10.1. The van der Waals surface area contributed by atoms with Crippen LogP contribution in [0.15, 0.2) is 76.0 Å². The van der Waals surface area contributed by atoms with Crippen molar-refractivity contribution >= 4 is 27.7 Å². The van der Waals surface area contributed by atoms with Crippen molar-refractivity contribution in [2.45, 2.75) is 0 Å². The van der Waals surface area contributed by atoms with Crippen LogP contribution in [0.5, 0.6) is 5.75 Å². The number of halogens is 1. The van der Waals surface area contributed by atoms with Gasteiger partial charge in [-0.1, -0.05) is 33.2 Å². The minimum atomic E-state index is -0.444. The molecule has 0 saturated heterocycles. The first-order chi connectivity index (χ1) is 14.1. The molecule has 7 nitrogen and oxygen atoms in total. The van der Waals surface area contributed by atoms with E-state index in [9.17, 15) is 4.79 Å². The van der Waals surface area contributed by atoms with E-state index >= 15 is 0 Å². The van der Waals surface area contributed by atoms with E-state index in [1.165, 1.54) is 6.33 Å². The van der Waals surface area contributed by atoms with Gasteiger partial charge in [-0.05, 0) is 36.4 Å². The summed E-state index contributed by atoms with van der Waals surface area (Å²) in [5, 5.41) is 6.67. The first-order valence-electron chi connectivity index (χ1n) is 8.63. The number of nitrogens with zero attached hydrogens (tertiary/aromatic N) is 3. The van der Waals surface area contributed by atoms with Gasteiger partial charge in [0.05, 0.1) is 12.8 Å². The molecule has 0 radical (unpaired) electrons. The van der Waals surface area contributed by atoms with Crippen LogP contribution in [0.1, 0.15) is 10.6 Å². The number of carbonyl (C=O) groups is 1. The van der Waals surface area contributed by atoms with Crippen LogP contribution in [0.3, 0.4) is 0 Å². The van der Waals surface area contributed by atoms with Crippen LogP contribution in [-0.2, 0) is 0 Å². The van der Waals surface area contributed by atoms with Crippen LogP contribution in [0.4, 0.5) is 5.82 Å². The van der Waals surface area contributed by atoms with Crippen molar-refractivity contribution in [3.8, 4) is 28.3 Å². The van der Waals surface area contributed by atoms with Crippen LogP contribution in [0.25, 0.3) is 22.5 Å². The Morgan fingerprint density at radius 2 is 1.66 bits per heavy atom. The fourth-order valence-electron chi connectivity index (χ4n) is 2.66. The second kappa shape index (κ2) is 8.24. The maximum atomic E-state index is 12.5. The molecule has 1 N–H and O–H groups in total. The number of carbonyl (C=O) groups excluding carboxylic acids is 1. The zero-order valence-electron chi connectivity index (χ0n) is 15.3. The average Bonchev–Trinajstić information content (AvgIpc) is 3.25. The number of ether oxygens (including phenoxy) is 1. The Labute approximate surface area is 174 Å². The molecule has 8 heteroatoms. The summed E-state index contributed by atoms with van der Waals surface area (Å²) in [4.78, 5) is 20.9. The zero-order valence-corrected chi connectivity index (χ0v) is 16.9. The van der Waals surface area contributed by atoms with Crippen molar-refractivity contribution in [3.63, 3.8) is 0 Å². The zero-order chi connectivity index (χ0) is 20.2. The summed E-state index contributed by atoms with van der Waals surface area (Å²) >= 11 is 3.39. The van der Waals surface area contributed by atoms with Crippen molar-refractivity contribution in [2.75, 3.05) is 12.4 Å². The molecule has 0 unspecified atom stereocenters. The predicted octanol–water partition coefficient (Wildman–Crippen LogP) is 4.82. The fraction of sp³-hybridized carbons (Fsp3) is 0.0476. The molecule has 0 saturated carbocycles. The van der Waals surface area contributed by atoms with E-state index in [4.69, 9.17) is 9.26 Å². The summed E-state index contributed by atoms with van der Waals surface area (Å²) in [6.45, 7) is 0. The molecular formula is C21H15BrN4O3. The number of anilines is 1. The Morgan fingerprint density at radius 1 is 0.966 bits per heavy atom. The minimum Gasteiger partial charge on any atom is -0.497 e. The van der Waals surface area contributed by atoms with Crippen molar-refractivity contribution in [1.82, 2.24) is 15.1 Å². The molecule has 1 amide bonds. The predicted molar refractivity (Wildman–Crippen MR) is 112 cm³/mol. The summed E-state index contributed by atoms with van der Waals surface area (Å²) in [6, 6.07) is 18.3. The van der Waals surface area contributed by atoms with E-state index in [1.54, 1.807) is 19.2 Å². The van der Waals surface area contributed by atoms with Crippen LogP contribution >= 0.6 is 15.9 Å². The van der Waals surface area contributed by atoms with Crippen molar-refractivity contribution in [2.24, 2.45) is 0 Å². The molecule has 2 heterocycles. The SMILES string of the molecule is COc1ccc(-c2cc(NC(=O)c3cc(-c4ccc(Br)cc4)no3)ncn2)cc1. The monoisotopic (exact) mass is 450 g/mol. The first kappa shape index (κ1) is 18.8. The Balaban J connectivity index is 1.50. The van der Waals surface area contributed by atoms with Gasteiger partial charge in [0.25, 0.3) is 5.91 Å². The molecule has 29 heavy (non-hydrogen) atoms. The minimum absolute atomic E-state index is 0.0903. The highest BCUT2D eigenvalue weighted by atomic mass is 79.9. The Morgan fingerprint density at radius 3 is 2.38 bits per heavy atom. The molecule has 0 aliphatic carbocycles. The lowest BCUT2D eigenvalue weighted by molar-refractivity contribution is 0.0987. The summed E-state index contributed by atoms with van der Waals surface area (Å²) in [7, 11) is 1.61. The number of hydrogen-bond acceptors (Lipinski definition) is 6. The van der Waals surface area contributed by atoms with Gasteiger partial charge in [-0.25, -0.2) is 9.97 Å². The first-order valence-corrected chi connectivity index (χ1v) is 9.42. The van der Waals surface area contributed by atoms with E-state index in [1.807, 2.05) is 48.5 Å². The third kappa shape index (κ3) is 4.33. The molecule has 2 aromatic carbocycles. The molecule has 0 aliphatic heterocycles. The molecule has 0 atom stereocenters. The molecule has 4 aromatic rings. The third-order valence-electron chi connectivity index (χ3n) is 4.17. The van der Waals surface area contributed by atoms with Gasteiger partial charge >= 0.3 is 0 Å². The van der Waals surface area contributed by atoms with Crippen molar-refractivity contribution < 1.29 is 14.1 Å². The van der Waals surface area contributed by atoms with Gasteiger partial charge in [0.1, 0.15) is 23.6 Å². The second-order valence-electron chi connectivity index (χ2n) is 6.05. The summed E-state index contributed by atoms with van der Waals surface area (Å²) < 4.78 is 11.3. The topological polar surface area (TPSA) is 90.1 Å². The van der Waals surface area contributed by atoms with Crippen LogP contribution < -0.4 is 10.1 Å². The highest BCUT2D eigenvalue weighted by Gasteiger charge is 2.15. The van der Waals surface area contributed by atoms with E-state index < -0.39 is 5.91 Å². The van der Waals surface area contributed by atoms with E-state index in [0.717, 1.165) is 21.3 Å². The quantitative estimate of drug-likeness (QED) is 0.468. The Bertz CT molecular complexity index is 1140. The number of hydrogen-bond donors (Lipinski definition) is 1. The maximum Gasteiger partial charge on any atom is 0.295 e. The van der Waals surface area contributed by atoms with Gasteiger partial charge < -0.3 is 14.6 Å². The van der Waals surface area contributed by atoms with Crippen molar-refractivity contribution in [1.29, 1.82) is 0 Å². The largest absolute Gasteiger partial charge is 0.497 e. The highest BCUT2D eigenvalue weighted by Crippen LogP contribution is 2.24. The van der Waals surface area contributed by atoms with Gasteiger partial charge in [-0.15, -0.1) is 0 Å². The number of methoxy groups -OCH3 is 1. The number of amides is 1. The smallest absolute Gasteiger partial charge is 0.295 e. The Kier molecular flexibility index (Phi) is 5.35. The van der Waals surface area contributed by atoms with Gasteiger partial charge in [0, 0.05) is 27.7 Å². The number of aromatic nitrogens is 3. The van der Waals surface area contributed by atoms with Crippen LogP contribution in [0.2, 0.25) is 0 Å². The summed E-state index contributed by atoms with van der Waals surface area (Å²) in [5.41, 5.74) is 2.97. The van der Waals surface area contributed by atoms with Gasteiger partial charge in [0.2, 0.25) is 5.76 Å². The number of nitrogens with one attached hydrogen (secondary N) is 1. The molecule has 144 valence electrons. The summed E-state index contributed by atoms with van der Waals surface area (Å²) in [5.74, 6) is 0.758. The molecule has 0 aliphatic rings. The van der Waals surface area contributed by atoms with Gasteiger partial charge in [-0.3, -0.25) is 4.79 Å². The van der Waals surface area contributed by atoms with E-state index in [0.29, 0.717) is 17.2 Å². The number of rotatable bonds is 5. The fourth-order valence-corrected chi connectivity index (χ4v) is 2.93. The van der Waals surface area contributed by atoms with Gasteiger partial charge in [0.15, 0.2) is 0 Å². The molecule has 0 fully saturated rings. The summed E-state index contributed by atoms with van der Waals surface area (Å²) in [6.07, 6.45) is 1.39. The normalized spacial score (nSPS) is 10.6. The van der Waals surface area contributed by atoms with E-state index in [2.05, 4.69) is 36.4 Å². The third-order valence-corrected chi connectivity index (χ3v) is 4.70. The van der Waals surface area contributed by atoms with Crippen LogP contribution in [-0.4, -0.2) is 28.1 Å². The van der Waals surface area contributed by atoms with Crippen LogP contribution in [0, 0.1) is 0 Å². The standard InChI is InChI=1S/C21H15BrN4O3/c1-28-16-8-4-13(5-9-16)17-11-20(24-12-23-17)25-21(27)19-10-18(26-29-19)14-2-6-15(22)7-3-14/h2-12H,1H3,(H,23,24,25,27). The van der Waals surface area contributed by atoms with Gasteiger partial charge in [-0.2, -0.15) is 0 Å². The molecular weight excluding hydrogens is 436 g/mol. The molecule has 0 bridgehead atoms. The maximum absolute atomic E-state index is 12.5. The number of benzene rings is 2. The molecule has 4 rings (SSSR count). The Hall–Kier alpha value is -3.52. The van der Waals surface area contributed by atoms with Crippen molar-refractivity contribution in [3.05, 3.63) is 77.2 Å². The molecule has 2 aromatic heterocycles. The lowest BCUT2D eigenvalue weighted by Gasteiger charge is -2.05. The second-order valence-corrected chi connectivity index (χ2v) is 6.97. The van der Waals surface area contributed by atoms with E-state index in [-0.39, 0.29) is 5.76 Å². The highest BCUT2D eigenvalue weighted by molar-refractivity contribution is 9.10. The lowest BCUT2D eigenvalue weighted by Crippen LogP contribution is -2.12.